The average Bonchev–Trinajstić information content (AvgIpc) is 3.53. The molecule has 0 radical (unpaired) electrons. The minimum atomic E-state index is -0.459. The summed E-state index contributed by atoms with van der Waals surface area (Å²) in [5.74, 6) is 0.268. The fourth-order valence-electron chi connectivity index (χ4n) is 7.77. The maximum absolute atomic E-state index is 13.2. The van der Waals surface area contributed by atoms with Crippen molar-refractivity contribution in [2.45, 2.75) is 155 Å². The number of allylic oxidation sites excluding steroid dienone is 2. The summed E-state index contributed by atoms with van der Waals surface area (Å²) in [6, 6.07) is 0. The summed E-state index contributed by atoms with van der Waals surface area (Å²) in [7, 11) is 0. The van der Waals surface area contributed by atoms with Gasteiger partial charge in [0, 0.05) is 18.3 Å². The normalized spacial score (nSPS) is 32.2. The lowest BCUT2D eigenvalue weighted by molar-refractivity contribution is -0.158. The van der Waals surface area contributed by atoms with Gasteiger partial charge in [0.1, 0.15) is 11.7 Å². The van der Waals surface area contributed by atoms with Crippen molar-refractivity contribution >= 4 is 11.8 Å². The van der Waals surface area contributed by atoms with Crippen molar-refractivity contribution in [2.24, 2.45) is 22.7 Å². The molecule has 0 spiro atoms. The number of Topliss-reactive ketones (excluding diaryl/α,β-unsaturated/α-hetero) is 1. The fraction of sp³-hybridized carbons (Fsp3) is 0.879. The van der Waals surface area contributed by atoms with Crippen LogP contribution in [0.1, 0.15) is 144 Å². The second-order valence-electron chi connectivity index (χ2n) is 13.4. The first-order chi connectivity index (χ1) is 17.7. The van der Waals surface area contributed by atoms with Crippen LogP contribution in [0.3, 0.4) is 0 Å². The third kappa shape index (κ3) is 7.70. The molecule has 0 N–H and O–H groups in total. The highest BCUT2D eigenvalue weighted by Gasteiger charge is 2.74. The third-order valence-electron chi connectivity index (χ3n) is 9.90. The minimum Gasteiger partial charge on any atom is -0.465 e. The number of ether oxygens (including phenoxy) is 2. The van der Waals surface area contributed by atoms with Gasteiger partial charge in [-0.2, -0.15) is 0 Å². The van der Waals surface area contributed by atoms with Crippen molar-refractivity contribution in [3.63, 3.8) is 0 Å². The van der Waals surface area contributed by atoms with Crippen LogP contribution in [-0.4, -0.2) is 30.1 Å². The van der Waals surface area contributed by atoms with E-state index in [0.717, 1.165) is 32.1 Å². The summed E-state index contributed by atoms with van der Waals surface area (Å²) < 4.78 is 11.9. The number of epoxide rings is 1. The molecule has 1 saturated heterocycles. The van der Waals surface area contributed by atoms with Crippen molar-refractivity contribution in [2.75, 3.05) is 6.61 Å². The quantitative estimate of drug-likeness (QED) is 0.0839. The maximum atomic E-state index is 13.2. The largest absolute Gasteiger partial charge is 0.465 e. The number of ketones is 1. The Kier molecular flexibility index (Phi) is 11.3. The molecule has 0 aromatic heterocycles. The zero-order chi connectivity index (χ0) is 26.9. The summed E-state index contributed by atoms with van der Waals surface area (Å²) in [5, 5.41) is 0. The first kappa shape index (κ1) is 30.4. The third-order valence-corrected chi connectivity index (χ3v) is 9.90. The topological polar surface area (TPSA) is 55.9 Å². The SMILES string of the molecule is CCCCCCCCC=CCCCCCCCC(=O)OCC1C2(C)CCCC(C)(C)C2C(=O)C2OC21C. The highest BCUT2D eigenvalue weighted by atomic mass is 16.6. The number of rotatable bonds is 17. The lowest BCUT2D eigenvalue weighted by atomic mass is 9.46. The van der Waals surface area contributed by atoms with Crippen molar-refractivity contribution in [1.29, 1.82) is 0 Å². The Morgan fingerprint density at radius 2 is 1.49 bits per heavy atom. The van der Waals surface area contributed by atoms with Gasteiger partial charge in [-0.05, 0) is 62.7 Å². The summed E-state index contributed by atoms with van der Waals surface area (Å²) in [6.45, 7) is 11.4. The molecule has 0 amide bonds. The van der Waals surface area contributed by atoms with Crippen LogP contribution in [0.15, 0.2) is 12.2 Å². The Labute approximate surface area is 227 Å². The molecule has 212 valence electrons. The molecule has 3 fully saturated rings. The molecule has 0 aromatic carbocycles. The van der Waals surface area contributed by atoms with E-state index < -0.39 is 5.60 Å². The molecule has 5 atom stereocenters. The number of hydrogen-bond acceptors (Lipinski definition) is 4. The van der Waals surface area contributed by atoms with Gasteiger partial charge in [0.05, 0.1) is 6.61 Å². The first-order valence-electron chi connectivity index (χ1n) is 15.7. The van der Waals surface area contributed by atoms with Gasteiger partial charge in [-0.3, -0.25) is 9.59 Å². The number of hydrogen-bond donors (Lipinski definition) is 0. The molecule has 0 bridgehead atoms. The number of esters is 1. The molecule has 1 heterocycles. The van der Waals surface area contributed by atoms with Crippen LogP contribution < -0.4 is 0 Å². The standard InChI is InChI=1S/C33H56O4/c1-6-7-8-9-10-11-12-13-14-15-16-17-18-19-20-22-27(34)36-25-26-32(4)24-21-23-31(2,3)29(32)28(35)30-33(26,5)37-30/h13-14,26,29-30H,6-12,15-25H2,1-5H3. The van der Waals surface area contributed by atoms with Crippen LogP contribution in [0.5, 0.6) is 0 Å². The predicted molar refractivity (Wildman–Crippen MR) is 151 cm³/mol. The maximum Gasteiger partial charge on any atom is 0.305 e. The highest BCUT2D eigenvalue weighted by molar-refractivity contribution is 5.92. The summed E-state index contributed by atoms with van der Waals surface area (Å²) in [4.78, 5) is 25.8. The van der Waals surface area contributed by atoms with Crippen molar-refractivity contribution in [3.8, 4) is 0 Å². The molecule has 37 heavy (non-hydrogen) atoms. The van der Waals surface area contributed by atoms with E-state index in [1.165, 1.54) is 70.6 Å². The van der Waals surface area contributed by atoms with Gasteiger partial charge < -0.3 is 9.47 Å². The van der Waals surface area contributed by atoms with E-state index in [1.54, 1.807) is 0 Å². The van der Waals surface area contributed by atoms with Gasteiger partial charge in [-0.15, -0.1) is 0 Å². The fourth-order valence-corrected chi connectivity index (χ4v) is 7.77. The van der Waals surface area contributed by atoms with Crippen LogP contribution >= 0.6 is 0 Å². The van der Waals surface area contributed by atoms with Gasteiger partial charge in [0.2, 0.25) is 0 Å². The monoisotopic (exact) mass is 516 g/mol. The van der Waals surface area contributed by atoms with E-state index in [9.17, 15) is 9.59 Å². The van der Waals surface area contributed by atoms with Crippen molar-refractivity contribution < 1.29 is 19.1 Å². The molecule has 5 unspecified atom stereocenters. The molecule has 4 heteroatoms. The zero-order valence-corrected chi connectivity index (χ0v) is 24.7. The lowest BCUT2D eigenvalue weighted by Crippen LogP contribution is -2.60. The van der Waals surface area contributed by atoms with Crippen LogP contribution in [0.2, 0.25) is 0 Å². The van der Waals surface area contributed by atoms with E-state index in [1.807, 2.05) is 0 Å². The number of carbonyl (C=O) groups is 2. The molecule has 3 rings (SSSR count). The minimum absolute atomic E-state index is 0.0107. The van der Waals surface area contributed by atoms with Gasteiger partial charge in [-0.1, -0.05) is 97.6 Å². The van der Waals surface area contributed by atoms with Crippen molar-refractivity contribution in [1.82, 2.24) is 0 Å². The summed E-state index contributed by atoms with van der Waals surface area (Å²) in [6.07, 6.45) is 24.4. The molecule has 4 nitrogen and oxygen atoms in total. The van der Waals surface area contributed by atoms with E-state index in [0.29, 0.717) is 13.0 Å². The Bertz CT molecular complexity index is 770. The number of carbonyl (C=O) groups excluding carboxylic acids is 2. The molecule has 2 saturated carbocycles. The molecule has 0 aromatic rings. The Morgan fingerprint density at radius 1 is 0.892 bits per heavy atom. The van der Waals surface area contributed by atoms with Crippen LogP contribution in [0.4, 0.5) is 0 Å². The lowest BCUT2D eigenvalue weighted by Gasteiger charge is -2.56. The van der Waals surface area contributed by atoms with Gasteiger partial charge in [-0.25, -0.2) is 0 Å². The highest BCUT2D eigenvalue weighted by Crippen LogP contribution is 2.66. The van der Waals surface area contributed by atoms with E-state index in [2.05, 4.69) is 46.8 Å². The van der Waals surface area contributed by atoms with Crippen molar-refractivity contribution in [3.05, 3.63) is 12.2 Å². The summed E-state index contributed by atoms with van der Waals surface area (Å²) >= 11 is 0. The van der Waals surface area contributed by atoms with Crippen LogP contribution in [-0.2, 0) is 19.1 Å². The Morgan fingerprint density at radius 3 is 2.14 bits per heavy atom. The second-order valence-corrected chi connectivity index (χ2v) is 13.4. The van der Waals surface area contributed by atoms with E-state index in [-0.39, 0.29) is 40.5 Å². The Hall–Kier alpha value is -1.16. The Balaban J connectivity index is 1.27. The van der Waals surface area contributed by atoms with Gasteiger partial charge >= 0.3 is 5.97 Å². The van der Waals surface area contributed by atoms with Gasteiger partial charge in [0.15, 0.2) is 5.78 Å². The first-order valence-corrected chi connectivity index (χ1v) is 15.7. The van der Waals surface area contributed by atoms with Crippen LogP contribution in [0.25, 0.3) is 0 Å². The second kappa shape index (κ2) is 13.8. The van der Waals surface area contributed by atoms with E-state index >= 15 is 0 Å². The summed E-state index contributed by atoms with van der Waals surface area (Å²) in [5.41, 5.74) is -0.646. The molecule has 3 aliphatic rings. The van der Waals surface area contributed by atoms with Gasteiger partial charge in [0.25, 0.3) is 0 Å². The van der Waals surface area contributed by atoms with Crippen LogP contribution in [0, 0.1) is 22.7 Å². The molecule has 2 aliphatic carbocycles. The predicted octanol–water partition coefficient (Wildman–Crippen LogP) is 8.76. The molecule has 1 aliphatic heterocycles. The number of fused-ring (bicyclic) bond motifs is 2. The number of unbranched alkanes of at least 4 members (excludes halogenated alkanes) is 11. The molecular weight excluding hydrogens is 460 g/mol. The van der Waals surface area contributed by atoms with E-state index in [4.69, 9.17) is 9.47 Å². The smallest absolute Gasteiger partial charge is 0.305 e. The average molecular weight is 517 g/mol. The zero-order valence-electron chi connectivity index (χ0n) is 24.7. The molecular formula is C33H56O4.